The summed E-state index contributed by atoms with van der Waals surface area (Å²) in [5, 5.41) is 1.91. The van der Waals surface area contributed by atoms with Crippen LogP contribution < -0.4 is 5.73 Å². The predicted molar refractivity (Wildman–Crippen MR) is 74.3 cm³/mol. The molecule has 1 amide bonds. The highest BCUT2D eigenvalue weighted by Crippen LogP contribution is 2.18. The van der Waals surface area contributed by atoms with Gasteiger partial charge >= 0.3 is 0 Å². The molecule has 0 unspecified atom stereocenters. The first-order valence-electron chi connectivity index (χ1n) is 5.11. The van der Waals surface area contributed by atoms with Crippen molar-refractivity contribution in [3.05, 3.63) is 38.9 Å². The summed E-state index contributed by atoms with van der Waals surface area (Å²) in [5.74, 6) is 0.0580. The van der Waals surface area contributed by atoms with Crippen molar-refractivity contribution in [1.82, 2.24) is 14.9 Å². The number of carbonyl (C=O) groups excluding carboxylic acids is 1. The van der Waals surface area contributed by atoms with Gasteiger partial charge < -0.3 is 10.6 Å². The summed E-state index contributed by atoms with van der Waals surface area (Å²) in [7, 11) is 1.71. The Kier molecular flexibility index (Phi) is 3.93. The van der Waals surface area contributed by atoms with Gasteiger partial charge in [-0.3, -0.25) is 4.79 Å². The lowest BCUT2D eigenvalue weighted by Gasteiger charge is -2.16. The van der Waals surface area contributed by atoms with Crippen LogP contribution in [-0.4, -0.2) is 27.8 Å². The zero-order valence-corrected chi connectivity index (χ0v) is 12.0. The van der Waals surface area contributed by atoms with Gasteiger partial charge in [0.1, 0.15) is 5.82 Å². The summed E-state index contributed by atoms with van der Waals surface area (Å²) in [6, 6.07) is 1.67. The number of hydrogen-bond acceptors (Lipinski definition) is 5. The molecule has 0 bridgehead atoms. The Morgan fingerprint density at radius 1 is 1.56 bits per heavy atom. The molecule has 7 heteroatoms. The van der Waals surface area contributed by atoms with Crippen LogP contribution in [0.4, 0.5) is 5.82 Å². The van der Waals surface area contributed by atoms with Crippen molar-refractivity contribution in [2.45, 2.75) is 6.54 Å². The lowest BCUT2D eigenvalue weighted by Crippen LogP contribution is -2.27. The van der Waals surface area contributed by atoms with Gasteiger partial charge in [-0.05, 0) is 22.0 Å². The van der Waals surface area contributed by atoms with Crippen molar-refractivity contribution in [1.29, 1.82) is 0 Å². The van der Waals surface area contributed by atoms with Crippen LogP contribution in [-0.2, 0) is 6.54 Å². The third kappa shape index (κ3) is 2.85. The molecule has 2 N–H and O–H groups in total. The summed E-state index contributed by atoms with van der Waals surface area (Å²) in [6.07, 6.45) is 1.56. The summed E-state index contributed by atoms with van der Waals surface area (Å²) in [5.41, 5.74) is 8.70. The maximum atomic E-state index is 12.2. The number of pyridine rings is 1. The van der Waals surface area contributed by atoms with E-state index < -0.39 is 0 Å². The molecule has 0 spiro atoms. The predicted octanol–water partition coefficient (Wildman–Crippen LogP) is 2.16. The molecule has 0 saturated carbocycles. The maximum Gasteiger partial charge on any atom is 0.257 e. The summed E-state index contributed by atoms with van der Waals surface area (Å²) in [4.78, 5) is 21.9. The van der Waals surface area contributed by atoms with Crippen LogP contribution in [0.2, 0.25) is 0 Å². The molecule has 0 saturated heterocycles. The standard InChI is InChI=1S/C11H11BrN4OS/c1-16(4-8-5-18-6-15-8)11(17)9-2-7(12)3-14-10(9)13/h2-3,5-6H,4H2,1H3,(H2,13,14). The number of amides is 1. The molecule has 2 aromatic heterocycles. The Hall–Kier alpha value is -1.47. The lowest BCUT2D eigenvalue weighted by molar-refractivity contribution is 0.0784. The van der Waals surface area contributed by atoms with Crippen LogP contribution in [0.25, 0.3) is 0 Å². The largest absolute Gasteiger partial charge is 0.383 e. The second-order valence-corrected chi connectivity index (χ2v) is 5.36. The van der Waals surface area contributed by atoms with Crippen LogP contribution in [0, 0.1) is 0 Å². The van der Waals surface area contributed by atoms with E-state index in [0.29, 0.717) is 12.1 Å². The van der Waals surface area contributed by atoms with Crippen LogP contribution in [0.5, 0.6) is 0 Å². The summed E-state index contributed by atoms with van der Waals surface area (Å²) in [6.45, 7) is 0.453. The van der Waals surface area contributed by atoms with Gasteiger partial charge in [0.15, 0.2) is 0 Å². The Labute approximate surface area is 117 Å². The van der Waals surface area contributed by atoms with Gasteiger partial charge in [-0.25, -0.2) is 9.97 Å². The molecule has 0 aliphatic heterocycles. The van der Waals surface area contributed by atoms with E-state index in [1.807, 2.05) is 5.38 Å². The van der Waals surface area contributed by atoms with E-state index >= 15 is 0 Å². The number of carbonyl (C=O) groups is 1. The average molecular weight is 327 g/mol. The second-order valence-electron chi connectivity index (χ2n) is 3.73. The minimum absolute atomic E-state index is 0.172. The van der Waals surface area contributed by atoms with E-state index in [4.69, 9.17) is 5.73 Å². The van der Waals surface area contributed by atoms with Gasteiger partial charge in [-0.2, -0.15) is 0 Å². The molecule has 0 radical (unpaired) electrons. The van der Waals surface area contributed by atoms with Gasteiger partial charge in [-0.15, -0.1) is 11.3 Å². The maximum absolute atomic E-state index is 12.2. The molecule has 18 heavy (non-hydrogen) atoms. The molecule has 5 nitrogen and oxygen atoms in total. The Balaban J connectivity index is 2.17. The molecule has 2 rings (SSSR count). The zero-order valence-electron chi connectivity index (χ0n) is 9.63. The summed E-state index contributed by atoms with van der Waals surface area (Å²) >= 11 is 4.78. The van der Waals surface area contributed by atoms with E-state index in [9.17, 15) is 4.79 Å². The molecular formula is C11H11BrN4OS. The fourth-order valence-corrected chi connectivity index (χ4v) is 2.34. The normalized spacial score (nSPS) is 10.3. The Morgan fingerprint density at radius 3 is 3.00 bits per heavy atom. The third-order valence-corrected chi connectivity index (χ3v) is 3.41. The van der Waals surface area contributed by atoms with Crippen molar-refractivity contribution in [2.75, 3.05) is 12.8 Å². The molecular weight excluding hydrogens is 316 g/mol. The minimum Gasteiger partial charge on any atom is -0.383 e. The van der Waals surface area contributed by atoms with E-state index in [-0.39, 0.29) is 11.7 Å². The average Bonchev–Trinajstić information content (AvgIpc) is 2.84. The molecule has 0 atom stereocenters. The van der Waals surface area contributed by atoms with Crippen molar-refractivity contribution in [2.24, 2.45) is 0 Å². The molecule has 0 aromatic carbocycles. The minimum atomic E-state index is -0.172. The van der Waals surface area contributed by atoms with Crippen LogP contribution in [0.3, 0.4) is 0 Å². The number of aromatic nitrogens is 2. The molecule has 94 valence electrons. The van der Waals surface area contributed by atoms with E-state index in [2.05, 4.69) is 25.9 Å². The Morgan fingerprint density at radius 2 is 2.33 bits per heavy atom. The fourth-order valence-electron chi connectivity index (χ4n) is 1.46. The van der Waals surface area contributed by atoms with Crippen LogP contribution >= 0.6 is 27.3 Å². The second kappa shape index (κ2) is 5.45. The lowest BCUT2D eigenvalue weighted by atomic mass is 10.2. The van der Waals surface area contributed by atoms with E-state index in [1.165, 1.54) is 11.3 Å². The molecule has 2 heterocycles. The number of nitrogens with zero attached hydrogens (tertiary/aromatic N) is 3. The summed E-state index contributed by atoms with van der Waals surface area (Å²) < 4.78 is 0.724. The van der Waals surface area contributed by atoms with Crippen molar-refractivity contribution in [3.63, 3.8) is 0 Å². The first kappa shape index (κ1) is 13.0. The smallest absolute Gasteiger partial charge is 0.257 e. The molecule has 0 aliphatic carbocycles. The topological polar surface area (TPSA) is 72.1 Å². The van der Waals surface area contributed by atoms with Gasteiger partial charge in [-0.1, -0.05) is 0 Å². The van der Waals surface area contributed by atoms with E-state index in [1.54, 1.807) is 29.7 Å². The number of nitrogens with two attached hydrogens (primary N) is 1. The van der Waals surface area contributed by atoms with Gasteiger partial charge in [0.05, 0.1) is 23.3 Å². The highest BCUT2D eigenvalue weighted by atomic mass is 79.9. The number of anilines is 1. The zero-order chi connectivity index (χ0) is 13.1. The number of nitrogen functional groups attached to an aromatic ring is 1. The van der Waals surface area contributed by atoms with Crippen LogP contribution in [0.15, 0.2) is 27.6 Å². The van der Waals surface area contributed by atoms with E-state index in [0.717, 1.165) is 10.2 Å². The fraction of sp³-hybridized carbons (Fsp3) is 0.182. The SMILES string of the molecule is CN(Cc1cscn1)C(=O)c1cc(Br)cnc1N. The van der Waals surface area contributed by atoms with Crippen molar-refractivity contribution >= 4 is 39.0 Å². The molecule has 0 aliphatic rings. The van der Waals surface area contributed by atoms with Gasteiger partial charge in [0.2, 0.25) is 0 Å². The van der Waals surface area contributed by atoms with Gasteiger partial charge in [0.25, 0.3) is 5.91 Å². The number of rotatable bonds is 3. The highest BCUT2D eigenvalue weighted by molar-refractivity contribution is 9.10. The number of thiazole rings is 1. The molecule has 0 fully saturated rings. The van der Waals surface area contributed by atoms with Crippen molar-refractivity contribution < 1.29 is 4.79 Å². The first-order chi connectivity index (χ1) is 8.58. The first-order valence-corrected chi connectivity index (χ1v) is 6.85. The van der Waals surface area contributed by atoms with Gasteiger partial charge in [0, 0.05) is 23.1 Å². The third-order valence-electron chi connectivity index (χ3n) is 2.34. The highest BCUT2D eigenvalue weighted by Gasteiger charge is 2.16. The number of hydrogen-bond donors (Lipinski definition) is 1. The monoisotopic (exact) mass is 326 g/mol. The van der Waals surface area contributed by atoms with Crippen LogP contribution in [0.1, 0.15) is 16.1 Å². The Bertz CT molecular complexity index is 558. The van der Waals surface area contributed by atoms with Crippen molar-refractivity contribution in [3.8, 4) is 0 Å². The number of halogens is 1. The quantitative estimate of drug-likeness (QED) is 0.938. The molecule has 2 aromatic rings.